The van der Waals surface area contributed by atoms with E-state index in [1.807, 2.05) is 24.3 Å². The zero-order valence-corrected chi connectivity index (χ0v) is 17.1. The molecule has 0 saturated heterocycles. The Morgan fingerprint density at radius 1 is 0.469 bits per heavy atom. The molecular weight excluding hydrogens is 396 g/mol. The van der Waals surface area contributed by atoms with Crippen molar-refractivity contribution in [2.24, 2.45) is 0 Å². The summed E-state index contributed by atoms with van der Waals surface area (Å²) >= 11 is 0. The Kier molecular flexibility index (Phi) is 4.40. The lowest BCUT2D eigenvalue weighted by molar-refractivity contribution is 0.574. The van der Waals surface area contributed by atoms with Crippen molar-refractivity contribution in [3.8, 4) is 45.2 Å². The first-order chi connectivity index (χ1) is 15.9. The van der Waals surface area contributed by atoms with Gasteiger partial charge >= 0.3 is 0 Å². The summed E-state index contributed by atoms with van der Waals surface area (Å²) in [6, 6.07) is 29.5. The monoisotopic (exact) mass is 414 g/mol. The van der Waals surface area contributed by atoms with Gasteiger partial charge in [0.25, 0.3) is 0 Å². The molecule has 0 radical (unpaired) electrons. The van der Waals surface area contributed by atoms with Gasteiger partial charge in [-0.2, -0.15) is 0 Å². The van der Waals surface area contributed by atoms with Crippen molar-refractivity contribution >= 4 is 10.8 Å². The number of hydrogen-bond acceptors (Lipinski definition) is 4. The molecule has 0 amide bonds. The molecule has 4 nitrogen and oxygen atoms in total. The quantitative estimate of drug-likeness (QED) is 0.300. The molecule has 0 aliphatic rings. The van der Waals surface area contributed by atoms with Gasteiger partial charge in [0.15, 0.2) is 0 Å². The molecular formula is C28H18N2O2. The van der Waals surface area contributed by atoms with Gasteiger partial charge in [0.2, 0.25) is 11.8 Å². The van der Waals surface area contributed by atoms with Gasteiger partial charge in [-0.1, -0.05) is 60.7 Å². The molecule has 0 fully saturated rings. The maximum Gasteiger partial charge on any atom is 0.225 e. The van der Waals surface area contributed by atoms with E-state index in [9.17, 15) is 0 Å². The third-order valence-corrected chi connectivity index (χ3v) is 5.63. The van der Waals surface area contributed by atoms with E-state index >= 15 is 0 Å². The van der Waals surface area contributed by atoms with Crippen molar-refractivity contribution in [1.82, 2.24) is 9.97 Å². The van der Waals surface area contributed by atoms with Gasteiger partial charge in [-0.05, 0) is 57.3 Å². The van der Waals surface area contributed by atoms with E-state index in [4.69, 9.17) is 8.83 Å². The van der Waals surface area contributed by atoms with Crippen LogP contribution < -0.4 is 0 Å². The molecule has 0 spiro atoms. The highest BCUT2D eigenvalue weighted by Gasteiger charge is 2.12. The van der Waals surface area contributed by atoms with E-state index in [0.717, 1.165) is 22.3 Å². The molecule has 2 heterocycles. The number of benzene rings is 4. The Balaban J connectivity index is 1.50. The zero-order valence-electron chi connectivity index (χ0n) is 17.1. The van der Waals surface area contributed by atoms with Gasteiger partial charge in [0, 0.05) is 11.1 Å². The van der Waals surface area contributed by atoms with Gasteiger partial charge in [0.05, 0.1) is 12.4 Å². The number of nitrogens with zero attached hydrogens (tertiary/aromatic N) is 2. The predicted molar refractivity (Wildman–Crippen MR) is 126 cm³/mol. The molecule has 0 aliphatic carbocycles. The molecule has 0 unspecified atom stereocenters. The number of rotatable bonds is 4. The van der Waals surface area contributed by atoms with Crippen molar-refractivity contribution in [1.29, 1.82) is 0 Å². The van der Waals surface area contributed by atoms with Gasteiger partial charge < -0.3 is 8.83 Å². The van der Waals surface area contributed by atoms with Crippen LogP contribution in [0, 0.1) is 0 Å². The first-order valence-corrected chi connectivity index (χ1v) is 10.4. The van der Waals surface area contributed by atoms with Crippen LogP contribution in [0.2, 0.25) is 0 Å². The molecule has 0 saturated carbocycles. The Bertz CT molecular complexity index is 1400. The van der Waals surface area contributed by atoms with Gasteiger partial charge in [-0.3, -0.25) is 0 Å². The number of fused-ring (bicyclic) bond motifs is 1. The molecule has 2 aromatic heterocycles. The summed E-state index contributed by atoms with van der Waals surface area (Å²) in [5, 5.41) is 2.38. The van der Waals surface area contributed by atoms with E-state index in [1.54, 1.807) is 24.9 Å². The summed E-state index contributed by atoms with van der Waals surface area (Å²) < 4.78 is 11.0. The highest BCUT2D eigenvalue weighted by molar-refractivity contribution is 6.05. The Morgan fingerprint density at radius 3 is 1.38 bits per heavy atom. The van der Waals surface area contributed by atoms with Crippen molar-refractivity contribution in [2.75, 3.05) is 0 Å². The SMILES string of the molecule is c1cc(-c2ncco2)cc(-c2ccc(-c3cccc(-c4ncco4)c3)c3ccccc23)c1. The highest BCUT2D eigenvalue weighted by atomic mass is 16.3. The van der Waals surface area contributed by atoms with Crippen LogP contribution in [-0.4, -0.2) is 9.97 Å². The van der Waals surface area contributed by atoms with E-state index in [1.165, 1.54) is 21.9 Å². The highest BCUT2D eigenvalue weighted by Crippen LogP contribution is 2.37. The van der Waals surface area contributed by atoms with Crippen molar-refractivity contribution in [2.45, 2.75) is 0 Å². The van der Waals surface area contributed by atoms with Crippen LogP contribution in [0.15, 0.2) is 119 Å². The number of hydrogen-bond donors (Lipinski definition) is 0. The third kappa shape index (κ3) is 3.19. The summed E-state index contributed by atoms with van der Waals surface area (Å²) in [5.74, 6) is 1.24. The summed E-state index contributed by atoms with van der Waals surface area (Å²) in [4.78, 5) is 8.57. The van der Waals surface area contributed by atoms with E-state index in [2.05, 4.69) is 70.6 Å². The lowest BCUT2D eigenvalue weighted by Crippen LogP contribution is -1.88. The topological polar surface area (TPSA) is 52.1 Å². The number of aromatic nitrogens is 2. The summed E-state index contributed by atoms with van der Waals surface area (Å²) in [5.41, 5.74) is 6.50. The van der Waals surface area contributed by atoms with Crippen LogP contribution >= 0.6 is 0 Å². The molecule has 6 rings (SSSR count). The second-order valence-corrected chi connectivity index (χ2v) is 7.54. The van der Waals surface area contributed by atoms with E-state index in [-0.39, 0.29) is 0 Å². The Morgan fingerprint density at radius 2 is 0.938 bits per heavy atom. The standard InChI is InChI=1S/C28H18N2O2/c1-2-10-26-24(20-6-4-8-22(18-20)28-30-14-16-32-28)12-11-23(25(26)9-1)19-5-3-7-21(17-19)27-29-13-15-31-27/h1-18H. The van der Waals surface area contributed by atoms with Crippen molar-refractivity contribution in [3.63, 3.8) is 0 Å². The second kappa shape index (κ2) is 7.67. The fourth-order valence-corrected chi connectivity index (χ4v) is 4.17. The molecule has 0 atom stereocenters. The normalized spacial score (nSPS) is 11.1. The lowest BCUT2D eigenvalue weighted by Gasteiger charge is -2.13. The average molecular weight is 414 g/mol. The maximum atomic E-state index is 5.49. The van der Waals surface area contributed by atoms with Crippen LogP contribution in [-0.2, 0) is 0 Å². The molecule has 0 aliphatic heterocycles. The van der Waals surface area contributed by atoms with Gasteiger partial charge in [0.1, 0.15) is 12.5 Å². The molecule has 6 aromatic rings. The molecule has 4 heteroatoms. The van der Waals surface area contributed by atoms with Gasteiger partial charge in [-0.15, -0.1) is 0 Å². The van der Waals surface area contributed by atoms with Crippen LogP contribution in [0.5, 0.6) is 0 Å². The zero-order chi connectivity index (χ0) is 21.3. The first kappa shape index (κ1) is 18.3. The minimum Gasteiger partial charge on any atom is -0.445 e. The van der Waals surface area contributed by atoms with Crippen molar-refractivity contribution < 1.29 is 8.83 Å². The summed E-state index contributed by atoms with van der Waals surface area (Å²) in [7, 11) is 0. The summed E-state index contributed by atoms with van der Waals surface area (Å²) in [6.45, 7) is 0. The molecule has 152 valence electrons. The Hall–Kier alpha value is -4.44. The maximum absolute atomic E-state index is 5.49. The molecule has 0 bridgehead atoms. The van der Waals surface area contributed by atoms with Crippen molar-refractivity contribution in [3.05, 3.63) is 110 Å². The molecule has 32 heavy (non-hydrogen) atoms. The third-order valence-electron chi connectivity index (χ3n) is 5.63. The largest absolute Gasteiger partial charge is 0.445 e. The van der Waals surface area contributed by atoms with E-state index in [0.29, 0.717) is 11.8 Å². The van der Waals surface area contributed by atoms with Crippen LogP contribution in [0.25, 0.3) is 55.9 Å². The summed E-state index contributed by atoms with van der Waals surface area (Å²) in [6.07, 6.45) is 6.52. The first-order valence-electron chi connectivity index (χ1n) is 10.4. The molecule has 4 aromatic carbocycles. The average Bonchev–Trinajstić information content (AvgIpc) is 3.59. The minimum absolute atomic E-state index is 0.621. The lowest BCUT2D eigenvalue weighted by atomic mass is 9.91. The smallest absolute Gasteiger partial charge is 0.225 e. The van der Waals surface area contributed by atoms with Crippen LogP contribution in [0.3, 0.4) is 0 Å². The van der Waals surface area contributed by atoms with E-state index < -0.39 is 0 Å². The second-order valence-electron chi connectivity index (χ2n) is 7.54. The van der Waals surface area contributed by atoms with Crippen LogP contribution in [0.4, 0.5) is 0 Å². The fraction of sp³-hybridized carbons (Fsp3) is 0. The minimum atomic E-state index is 0.621. The van der Waals surface area contributed by atoms with Gasteiger partial charge in [-0.25, -0.2) is 9.97 Å². The number of oxazole rings is 2. The van der Waals surface area contributed by atoms with Crippen LogP contribution in [0.1, 0.15) is 0 Å². The fourth-order valence-electron chi connectivity index (χ4n) is 4.17. The predicted octanol–water partition coefficient (Wildman–Crippen LogP) is 7.48. The molecule has 0 N–H and O–H groups in total. The Labute approximate surface area is 184 Å².